The van der Waals surface area contributed by atoms with Crippen LogP contribution in [-0.4, -0.2) is 13.1 Å². The Balaban J connectivity index is 2.36. The molecular formula is C12H13FN2. The molecule has 78 valence electrons. The third kappa shape index (κ3) is 1.80. The van der Waals surface area contributed by atoms with Gasteiger partial charge in [-0.15, -0.1) is 0 Å². The molecule has 1 aliphatic rings. The molecule has 0 aromatic heterocycles. The first-order valence-electron chi connectivity index (χ1n) is 5.16. The molecule has 0 spiro atoms. The topological polar surface area (TPSA) is 27.0 Å². The molecule has 2 nitrogen and oxygen atoms in total. The van der Waals surface area contributed by atoms with Crippen LogP contribution in [0.1, 0.15) is 18.9 Å². The highest BCUT2D eigenvalue weighted by molar-refractivity contribution is 5.60. The van der Waals surface area contributed by atoms with Crippen molar-refractivity contribution < 1.29 is 4.39 Å². The minimum Gasteiger partial charge on any atom is -0.370 e. The summed E-state index contributed by atoms with van der Waals surface area (Å²) < 4.78 is 13.4. The SMILES string of the molecule is CC1CCN(c2cccc(F)c2C#N)C1. The lowest BCUT2D eigenvalue weighted by molar-refractivity contribution is 0.622. The van der Waals surface area contributed by atoms with Crippen LogP contribution < -0.4 is 4.90 Å². The highest BCUT2D eigenvalue weighted by Gasteiger charge is 2.22. The molecule has 1 aromatic rings. The van der Waals surface area contributed by atoms with E-state index in [9.17, 15) is 4.39 Å². The molecule has 0 aliphatic carbocycles. The highest BCUT2D eigenvalue weighted by Crippen LogP contribution is 2.27. The number of nitriles is 1. The second kappa shape index (κ2) is 3.90. The van der Waals surface area contributed by atoms with Gasteiger partial charge in [-0.05, 0) is 24.5 Å². The second-order valence-corrected chi connectivity index (χ2v) is 4.09. The largest absolute Gasteiger partial charge is 0.370 e. The summed E-state index contributed by atoms with van der Waals surface area (Å²) in [4.78, 5) is 2.09. The number of anilines is 1. The molecule has 0 amide bonds. The van der Waals surface area contributed by atoms with Gasteiger partial charge in [0.1, 0.15) is 17.4 Å². The van der Waals surface area contributed by atoms with Gasteiger partial charge in [0, 0.05) is 13.1 Å². The van der Waals surface area contributed by atoms with E-state index in [1.54, 1.807) is 6.07 Å². The molecule has 1 aliphatic heterocycles. The average Bonchev–Trinajstić information content (AvgIpc) is 2.64. The van der Waals surface area contributed by atoms with Crippen molar-refractivity contribution in [1.82, 2.24) is 0 Å². The van der Waals surface area contributed by atoms with Crippen LogP contribution in [0.4, 0.5) is 10.1 Å². The van der Waals surface area contributed by atoms with Crippen LogP contribution in [0.25, 0.3) is 0 Å². The fourth-order valence-electron chi connectivity index (χ4n) is 2.04. The molecule has 3 heteroatoms. The van der Waals surface area contributed by atoms with E-state index in [-0.39, 0.29) is 5.56 Å². The van der Waals surface area contributed by atoms with Crippen LogP contribution in [0.2, 0.25) is 0 Å². The summed E-state index contributed by atoms with van der Waals surface area (Å²) in [5, 5.41) is 8.91. The minimum absolute atomic E-state index is 0.173. The molecule has 0 radical (unpaired) electrons. The number of rotatable bonds is 1. The smallest absolute Gasteiger partial charge is 0.143 e. The van der Waals surface area contributed by atoms with Gasteiger partial charge in [-0.1, -0.05) is 13.0 Å². The Hall–Kier alpha value is -1.56. The molecule has 0 saturated carbocycles. The third-order valence-corrected chi connectivity index (χ3v) is 2.87. The zero-order valence-electron chi connectivity index (χ0n) is 8.70. The van der Waals surface area contributed by atoms with Crippen molar-refractivity contribution in [3.05, 3.63) is 29.6 Å². The van der Waals surface area contributed by atoms with Gasteiger partial charge in [0.2, 0.25) is 0 Å². The van der Waals surface area contributed by atoms with Crippen LogP contribution >= 0.6 is 0 Å². The predicted octanol–water partition coefficient (Wildman–Crippen LogP) is 2.54. The average molecular weight is 204 g/mol. The molecule has 1 aromatic carbocycles. The maximum Gasteiger partial charge on any atom is 0.143 e. The molecule has 1 heterocycles. The highest BCUT2D eigenvalue weighted by atomic mass is 19.1. The first-order chi connectivity index (χ1) is 7.22. The van der Waals surface area contributed by atoms with E-state index in [0.717, 1.165) is 25.2 Å². The van der Waals surface area contributed by atoms with Crippen molar-refractivity contribution in [1.29, 1.82) is 5.26 Å². The number of hydrogen-bond acceptors (Lipinski definition) is 2. The zero-order valence-corrected chi connectivity index (χ0v) is 8.70. The number of nitrogens with zero attached hydrogens (tertiary/aromatic N) is 2. The summed E-state index contributed by atoms with van der Waals surface area (Å²) in [6.45, 7) is 4.00. The normalized spacial score (nSPS) is 20.3. The standard InChI is InChI=1S/C12H13FN2/c1-9-5-6-15(8-9)12-4-2-3-11(13)10(12)7-14/h2-4,9H,5-6,8H2,1H3. The fourth-order valence-corrected chi connectivity index (χ4v) is 2.04. The molecule has 0 bridgehead atoms. The monoisotopic (exact) mass is 204 g/mol. The maximum absolute atomic E-state index is 13.4. The van der Waals surface area contributed by atoms with E-state index in [1.807, 2.05) is 12.1 Å². The summed E-state index contributed by atoms with van der Waals surface area (Å²) in [7, 11) is 0. The molecule has 1 fully saturated rings. The van der Waals surface area contributed by atoms with Gasteiger partial charge >= 0.3 is 0 Å². The molecule has 15 heavy (non-hydrogen) atoms. The number of benzene rings is 1. The molecule has 2 rings (SSSR count). The Labute approximate surface area is 88.9 Å². The van der Waals surface area contributed by atoms with Crippen molar-refractivity contribution in [3.8, 4) is 6.07 Å². The lowest BCUT2D eigenvalue weighted by Gasteiger charge is -2.19. The number of hydrogen-bond donors (Lipinski definition) is 0. The van der Waals surface area contributed by atoms with E-state index in [0.29, 0.717) is 5.92 Å². The quantitative estimate of drug-likeness (QED) is 0.703. The summed E-state index contributed by atoms with van der Waals surface area (Å²) in [6.07, 6.45) is 1.11. The van der Waals surface area contributed by atoms with E-state index in [2.05, 4.69) is 11.8 Å². The third-order valence-electron chi connectivity index (χ3n) is 2.87. The van der Waals surface area contributed by atoms with Gasteiger partial charge in [0.25, 0.3) is 0 Å². The fraction of sp³-hybridized carbons (Fsp3) is 0.417. The van der Waals surface area contributed by atoms with Crippen LogP contribution in [0, 0.1) is 23.1 Å². The summed E-state index contributed by atoms with van der Waals surface area (Å²) in [5.74, 6) is 0.203. The summed E-state index contributed by atoms with van der Waals surface area (Å²) in [5.41, 5.74) is 0.911. The van der Waals surface area contributed by atoms with Crippen molar-refractivity contribution in [2.45, 2.75) is 13.3 Å². The molecule has 0 N–H and O–H groups in total. The minimum atomic E-state index is -0.422. The summed E-state index contributed by atoms with van der Waals surface area (Å²) in [6, 6.07) is 6.75. The van der Waals surface area contributed by atoms with Crippen LogP contribution in [0.15, 0.2) is 18.2 Å². The Bertz CT molecular complexity index is 409. The van der Waals surface area contributed by atoms with Crippen LogP contribution in [-0.2, 0) is 0 Å². The lowest BCUT2D eigenvalue weighted by atomic mass is 10.1. The Morgan fingerprint density at radius 2 is 2.33 bits per heavy atom. The van der Waals surface area contributed by atoms with E-state index in [1.165, 1.54) is 6.07 Å². The van der Waals surface area contributed by atoms with Crippen molar-refractivity contribution in [2.24, 2.45) is 5.92 Å². The molecular weight excluding hydrogens is 191 g/mol. The van der Waals surface area contributed by atoms with E-state index in [4.69, 9.17) is 5.26 Å². The van der Waals surface area contributed by atoms with Gasteiger partial charge in [0.15, 0.2) is 0 Å². The van der Waals surface area contributed by atoms with Gasteiger partial charge in [0.05, 0.1) is 5.69 Å². The second-order valence-electron chi connectivity index (χ2n) is 4.09. The van der Waals surface area contributed by atoms with Gasteiger partial charge in [-0.3, -0.25) is 0 Å². The van der Waals surface area contributed by atoms with Gasteiger partial charge in [-0.2, -0.15) is 5.26 Å². The Morgan fingerprint density at radius 1 is 1.53 bits per heavy atom. The van der Waals surface area contributed by atoms with E-state index >= 15 is 0 Å². The van der Waals surface area contributed by atoms with E-state index < -0.39 is 5.82 Å². The first kappa shape index (κ1) is 9.97. The maximum atomic E-state index is 13.4. The van der Waals surface area contributed by atoms with Crippen molar-refractivity contribution in [2.75, 3.05) is 18.0 Å². The van der Waals surface area contributed by atoms with Crippen LogP contribution in [0.5, 0.6) is 0 Å². The molecule has 1 unspecified atom stereocenters. The first-order valence-corrected chi connectivity index (χ1v) is 5.16. The summed E-state index contributed by atoms with van der Waals surface area (Å²) >= 11 is 0. The Morgan fingerprint density at radius 3 is 2.93 bits per heavy atom. The van der Waals surface area contributed by atoms with Gasteiger partial charge in [-0.25, -0.2) is 4.39 Å². The van der Waals surface area contributed by atoms with Crippen molar-refractivity contribution in [3.63, 3.8) is 0 Å². The van der Waals surface area contributed by atoms with Crippen molar-refractivity contribution >= 4 is 5.69 Å². The van der Waals surface area contributed by atoms with Gasteiger partial charge < -0.3 is 4.90 Å². The Kier molecular flexibility index (Phi) is 2.59. The zero-order chi connectivity index (χ0) is 10.8. The molecule has 1 atom stereocenters. The number of halogens is 1. The molecule has 1 saturated heterocycles. The van der Waals surface area contributed by atoms with Crippen LogP contribution in [0.3, 0.4) is 0 Å². The predicted molar refractivity (Wildman–Crippen MR) is 57.1 cm³/mol. The lowest BCUT2D eigenvalue weighted by Crippen LogP contribution is -2.20.